The number of fused-ring (bicyclic) bond motifs is 1. The summed E-state index contributed by atoms with van der Waals surface area (Å²) in [5, 5.41) is 2.90. The van der Waals surface area contributed by atoms with E-state index >= 15 is 0 Å². The molecule has 1 heterocycles. The number of sulfonamides is 1. The van der Waals surface area contributed by atoms with Gasteiger partial charge in [0.1, 0.15) is 5.75 Å². The van der Waals surface area contributed by atoms with E-state index in [-0.39, 0.29) is 18.9 Å². The van der Waals surface area contributed by atoms with Crippen molar-refractivity contribution in [3.05, 3.63) is 53.1 Å². The van der Waals surface area contributed by atoms with E-state index < -0.39 is 16.1 Å². The molecule has 0 aromatic heterocycles. The quantitative estimate of drug-likeness (QED) is 0.876. The molecule has 1 atom stereocenters. The van der Waals surface area contributed by atoms with Crippen LogP contribution < -0.4 is 14.4 Å². The van der Waals surface area contributed by atoms with Gasteiger partial charge in [0.2, 0.25) is 10.0 Å². The van der Waals surface area contributed by atoms with E-state index in [4.69, 9.17) is 4.74 Å². The number of rotatable bonds is 3. The van der Waals surface area contributed by atoms with Gasteiger partial charge >= 0.3 is 0 Å². The predicted octanol–water partition coefficient (Wildman–Crippen LogP) is 3.17. The van der Waals surface area contributed by atoms with Crippen LogP contribution in [0.1, 0.15) is 23.1 Å². The second-order valence-corrected chi connectivity index (χ2v) is 8.92. The molecule has 0 saturated heterocycles. The number of aryl methyl sites for hydroxylation is 3. The topological polar surface area (TPSA) is 75.7 Å². The molecule has 144 valence electrons. The van der Waals surface area contributed by atoms with E-state index in [1.807, 2.05) is 45.0 Å². The molecule has 0 unspecified atom stereocenters. The Morgan fingerprint density at radius 2 is 1.78 bits per heavy atom. The van der Waals surface area contributed by atoms with Crippen LogP contribution in [-0.2, 0) is 14.8 Å². The van der Waals surface area contributed by atoms with Gasteiger partial charge in [-0.15, -0.1) is 0 Å². The maximum atomic E-state index is 12.8. The lowest BCUT2D eigenvalue weighted by molar-refractivity contribution is -0.122. The van der Waals surface area contributed by atoms with Crippen LogP contribution in [0.3, 0.4) is 0 Å². The third-order valence-corrected chi connectivity index (χ3v) is 5.76. The zero-order chi connectivity index (χ0) is 19.8. The summed E-state index contributed by atoms with van der Waals surface area (Å²) in [5.74, 6) is 0.105. The van der Waals surface area contributed by atoms with Gasteiger partial charge in [0.25, 0.3) is 5.91 Å². The Kier molecular flexibility index (Phi) is 5.15. The number of amides is 1. The Balaban J connectivity index is 1.88. The smallest absolute Gasteiger partial charge is 0.265 e. The van der Waals surface area contributed by atoms with Crippen LogP contribution in [0.15, 0.2) is 36.4 Å². The van der Waals surface area contributed by atoms with Crippen LogP contribution in [0, 0.1) is 20.8 Å². The Morgan fingerprint density at radius 3 is 2.44 bits per heavy atom. The van der Waals surface area contributed by atoms with Gasteiger partial charge in [0.15, 0.2) is 6.10 Å². The monoisotopic (exact) mass is 388 g/mol. The van der Waals surface area contributed by atoms with Crippen molar-refractivity contribution in [1.82, 2.24) is 0 Å². The van der Waals surface area contributed by atoms with Crippen molar-refractivity contribution in [1.29, 1.82) is 0 Å². The molecular weight excluding hydrogens is 364 g/mol. The maximum absolute atomic E-state index is 12.8. The van der Waals surface area contributed by atoms with Crippen molar-refractivity contribution in [2.75, 3.05) is 22.4 Å². The molecule has 1 aliphatic heterocycles. The first-order valence-electron chi connectivity index (χ1n) is 8.78. The van der Waals surface area contributed by atoms with Crippen molar-refractivity contribution >= 4 is 27.3 Å². The van der Waals surface area contributed by atoms with Crippen molar-refractivity contribution < 1.29 is 17.9 Å². The van der Waals surface area contributed by atoms with Crippen LogP contribution in [0.4, 0.5) is 11.4 Å². The van der Waals surface area contributed by atoms with Crippen LogP contribution in [0.5, 0.6) is 5.75 Å². The lowest BCUT2D eigenvalue weighted by Crippen LogP contribution is -2.36. The number of hydrogen-bond acceptors (Lipinski definition) is 4. The van der Waals surface area contributed by atoms with Gasteiger partial charge in [-0.1, -0.05) is 23.8 Å². The van der Waals surface area contributed by atoms with Crippen molar-refractivity contribution in [3.8, 4) is 5.75 Å². The van der Waals surface area contributed by atoms with Gasteiger partial charge in [0.05, 0.1) is 11.9 Å². The molecule has 1 N–H and O–H groups in total. The maximum Gasteiger partial charge on any atom is 0.265 e. The molecule has 0 spiro atoms. The van der Waals surface area contributed by atoms with Crippen LogP contribution in [-0.4, -0.2) is 33.2 Å². The summed E-state index contributed by atoms with van der Waals surface area (Å²) in [6.45, 7) is 5.99. The first kappa shape index (κ1) is 19.2. The Bertz CT molecular complexity index is 985. The number of nitrogens with zero attached hydrogens (tertiary/aromatic N) is 1. The molecule has 7 heteroatoms. The zero-order valence-corrected chi connectivity index (χ0v) is 16.8. The fourth-order valence-corrected chi connectivity index (χ4v) is 4.12. The molecular formula is C20H24N2O4S. The summed E-state index contributed by atoms with van der Waals surface area (Å²) in [6.07, 6.45) is 0.645. The molecule has 0 bridgehead atoms. The minimum absolute atomic E-state index is 0.181. The molecule has 1 aliphatic rings. The molecule has 2 aromatic carbocycles. The fourth-order valence-electron chi connectivity index (χ4n) is 3.19. The summed E-state index contributed by atoms with van der Waals surface area (Å²) < 4.78 is 31.7. The third-order valence-electron chi connectivity index (χ3n) is 4.58. The molecule has 1 amide bonds. The average Bonchev–Trinajstić information content (AvgIpc) is 2.76. The molecule has 6 nitrogen and oxygen atoms in total. The van der Waals surface area contributed by atoms with Gasteiger partial charge < -0.3 is 10.1 Å². The first-order chi connectivity index (χ1) is 12.6. The largest absolute Gasteiger partial charge is 0.478 e. The van der Waals surface area contributed by atoms with E-state index in [1.54, 1.807) is 12.1 Å². The molecule has 0 saturated carbocycles. The highest BCUT2D eigenvalue weighted by molar-refractivity contribution is 7.92. The van der Waals surface area contributed by atoms with Crippen molar-refractivity contribution in [2.24, 2.45) is 0 Å². The average molecular weight is 388 g/mol. The Labute approximate surface area is 160 Å². The van der Waals surface area contributed by atoms with Gasteiger partial charge in [-0.05, 0) is 50.1 Å². The minimum atomic E-state index is -3.48. The molecule has 0 aliphatic carbocycles. The molecule has 0 radical (unpaired) electrons. The second kappa shape index (κ2) is 7.23. The summed E-state index contributed by atoms with van der Waals surface area (Å²) in [6, 6.07) is 11.1. The summed E-state index contributed by atoms with van der Waals surface area (Å²) in [7, 11) is -3.48. The highest BCUT2D eigenvalue weighted by Crippen LogP contribution is 2.35. The van der Waals surface area contributed by atoms with Gasteiger partial charge in [-0.3, -0.25) is 9.10 Å². The number of nitrogens with one attached hydrogen (secondary N) is 1. The molecule has 27 heavy (non-hydrogen) atoms. The number of anilines is 2. The third kappa shape index (κ3) is 4.24. The number of ether oxygens (including phenoxy) is 1. The summed E-state index contributed by atoms with van der Waals surface area (Å²) in [4.78, 5) is 12.8. The summed E-state index contributed by atoms with van der Waals surface area (Å²) >= 11 is 0. The molecule has 3 rings (SSSR count). The van der Waals surface area contributed by atoms with Gasteiger partial charge in [-0.2, -0.15) is 0 Å². The Hall–Kier alpha value is -2.54. The molecule has 0 fully saturated rings. The number of hydrogen-bond donors (Lipinski definition) is 1. The zero-order valence-electron chi connectivity index (χ0n) is 15.9. The standard InChI is InChI=1S/C20H24N2O4S/c1-13-5-7-16(15(3)11-13)21-20(23)19-9-10-22(27(4,24)25)17-12-14(2)6-8-18(17)26-19/h5-8,11-12,19H,9-10H2,1-4H3,(H,21,23)/t19-/m0/s1. The normalized spacial score (nSPS) is 16.9. The van der Waals surface area contributed by atoms with Gasteiger partial charge in [-0.25, -0.2) is 8.42 Å². The number of carbonyl (C=O) groups is 1. The van der Waals surface area contributed by atoms with E-state index in [1.165, 1.54) is 4.31 Å². The second-order valence-electron chi connectivity index (χ2n) is 7.01. The number of carbonyl (C=O) groups excluding carboxylic acids is 1. The van der Waals surface area contributed by atoms with E-state index in [0.29, 0.717) is 11.4 Å². The highest BCUT2D eigenvalue weighted by Gasteiger charge is 2.31. The lowest BCUT2D eigenvalue weighted by atomic mass is 10.1. The van der Waals surface area contributed by atoms with Crippen LogP contribution in [0.25, 0.3) is 0 Å². The van der Waals surface area contributed by atoms with E-state index in [9.17, 15) is 13.2 Å². The van der Waals surface area contributed by atoms with Gasteiger partial charge in [0, 0.05) is 18.7 Å². The Morgan fingerprint density at radius 1 is 1.11 bits per heavy atom. The summed E-state index contributed by atoms with van der Waals surface area (Å²) in [5.41, 5.74) is 4.20. The first-order valence-corrected chi connectivity index (χ1v) is 10.6. The van der Waals surface area contributed by atoms with Crippen LogP contribution in [0.2, 0.25) is 0 Å². The van der Waals surface area contributed by atoms with Crippen molar-refractivity contribution in [2.45, 2.75) is 33.3 Å². The predicted molar refractivity (Wildman–Crippen MR) is 107 cm³/mol. The van der Waals surface area contributed by atoms with E-state index in [0.717, 1.165) is 28.6 Å². The van der Waals surface area contributed by atoms with Crippen LogP contribution >= 0.6 is 0 Å². The minimum Gasteiger partial charge on any atom is -0.478 e. The highest BCUT2D eigenvalue weighted by atomic mass is 32.2. The lowest BCUT2D eigenvalue weighted by Gasteiger charge is -2.21. The fraction of sp³-hybridized carbons (Fsp3) is 0.350. The van der Waals surface area contributed by atoms with Crippen molar-refractivity contribution in [3.63, 3.8) is 0 Å². The number of benzene rings is 2. The van der Waals surface area contributed by atoms with E-state index in [2.05, 4.69) is 5.32 Å². The molecule has 2 aromatic rings. The SMILES string of the molecule is Cc1ccc(NC(=O)[C@@H]2CCN(S(C)(=O)=O)c3cc(C)ccc3O2)c(C)c1.